The molecule has 0 saturated carbocycles. The van der Waals surface area contributed by atoms with Crippen LogP contribution in [0.2, 0.25) is 0 Å². The quantitative estimate of drug-likeness (QED) is 0.825. The highest BCUT2D eigenvalue weighted by Crippen LogP contribution is 2.28. The number of likely N-dealkylation sites (N-methyl/N-ethyl adjacent to an activating group) is 1. The number of piperidine rings is 1. The second-order valence-corrected chi connectivity index (χ2v) is 7.50. The van der Waals surface area contributed by atoms with Gasteiger partial charge in [0.05, 0.1) is 5.92 Å². The summed E-state index contributed by atoms with van der Waals surface area (Å²) in [6, 6.07) is 8.00. The summed E-state index contributed by atoms with van der Waals surface area (Å²) in [4.78, 5) is 33.0. The number of carbonyl (C=O) groups is 2. The summed E-state index contributed by atoms with van der Waals surface area (Å²) >= 11 is 0. The van der Waals surface area contributed by atoms with Gasteiger partial charge in [0.2, 0.25) is 23.5 Å². The molecule has 1 aromatic heterocycles. The summed E-state index contributed by atoms with van der Waals surface area (Å²) in [6.45, 7) is 3.15. The van der Waals surface area contributed by atoms with Crippen LogP contribution in [0, 0.1) is 12.8 Å². The predicted octanol–water partition coefficient (Wildman–Crippen LogP) is 2.06. The molecule has 0 spiro atoms. The van der Waals surface area contributed by atoms with Gasteiger partial charge in [-0.2, -0.15) is 4.98 Å². The average Bonchev–Trinajstić information content (AvgIpc) is 2.97. The Kier molecular flexibility index (Phi) is 4.68. The van der Waals surface area contributed by atoms with Crippen LogP contribution in [0.25, 0.3) is 11.4 Å². The first-order valence-electron chi connectivity index (χ1n) is 9.46. The molecule has 1 aromatic carbocycles. The molecule has 2 amide bonds. The Morgan fingerprint density at radius 1 is 1.26 bits per heavy atom. The molecular weight excluding hydrogens is 344 g/mol. The lowest BCUT2D eigenvalue weighted by molar-refractivity contribution is -0.138. The predicted molar refractivity (Wildman–Crippen MR) is 98.7 cm³/mol. The molecule has 0 N–H and O–H groups in total. The maximum atomic E-state index is 12.7. The van der Waals surface area contributed by atoms with Crippen LogP contribution in [0.1, 0.15) is 30.7 Å². The van der Waals surface area contributed by atoms with E-state index < -0.39 is 0 Å². The lowest BCUT2D eigenvalue weighted by atomic mass is 9.95. The minimum Gasteiger partial charge on any atom is -0.341 e. The molecule has 5 rings (SSSR count). The fraction of sp³-hybridized carbons (Fsp3) is 0.500. The fourth-order valence-electron chi connectivity index (χ4n) is 4.02. The molecule has 7 heteroatoms. The summed E-state index contributed by atoms with van der Waals surface area (Å²) < 4.78 is 5.33. The summed E-state index contributed by atoms with van der Waals surface area (Å²) in [5.41, 5.74) is 2.01. The van der Waals surface area contributed by atoms with E-state index in [1.807, 2.05) is 48.0 Å². The Morgan fingerprint density at radius 2 is 2.07 bits per heavy atom. The zero-order chi connectivity index (χ0) is 19.0. The van der Waals surface area contributed by atoms with Crippen molar-refractivity contribution in [2.24, 2.45) is 5.92 Å². The van der Waals surface area contributed by atoms with Crippen molar-refractivity contribution >= 4 is 11.8 Å². The monoisotopic (exact) mass is 368 g/mol. The van der Waals surface area contributed by atoms with Crippen molar-refractivity contribution in [3.63, 3.8) is 0 Å². The van der Waals surface area contributed by atoms with Gasteiger partial charge in [0.25, 0.3) is 0 Å². The van der Waals surface area contributed by atoms with Gasteiger partial charge in [0, 0.05) is 44.6 Å². The second kappa shape index (κ2) is 7.13. The lowest BCUT2D eigenvalue weighted by Gasteiger charge is -2.32. The Morgan fingerprint density at radius 3 is 2.89 bits per heavy atom. The molecule has 3 aliphatic heterocycles. The molecule has 0 aliphatic carbocycles. The molecule has 142 valence electrons. The summed E-state index contributed by atoms with van der Waals surface area (Å²) in [5, 5.41) is 4.04. The normalized spacial score (nSPS) is 22.2. The maximum absolute atomic E-state index is 12.7. The zero-order valence-corrected chi connectivity index (χ0v) is 15.7. The molecule has 2 aromatic rings. The summed E-state index contributed by atoms with van der Waals surface area (Å²) in [7, 11) is 1.85. The molecule has 27 heavy (non-hydrogen) atoms. The lowest BCUT2D eigenvalue weighted by Crippen LogP contribution is -2.45. The van der Waals surface area contributed by atoms with E-state index in [2.05, 4.69) is 10.1 Å². The fourth-order valence-corrected chi connectivity index (χ4v) is 4.02. The van der Waals surface area contributed by atoms with Gasteiger partial charge in [-0.05, 0) is 25.3 Å². The molecule has 4 heterocycles. The van der Waals surface area contributed by atoms with Crippen LogP contribution in [0.4, 0.5) is 0 Å². The van der Waals surface area contributed by atoms with E-state index in [4.69, 9.17) is 4.52 Å². The van der Waals surface area contributed by atoms with Gasteiger partial charge in [0.1, 0.15) is 0 Å². The van der Waals surface area contributed by atoms with Gasteiger partial charge in [-0.3, -0.25) is 9.59 Å². The number of carbonyl (C=O) groups excluding carboxylic acids is 2. The minimum absolute atomic E-state index is 0.0469. The van der Waals surface area contributed by atoms with Gasteiger partial charge >= 0.3 is 0 Å². The van der Waals surface area contributed by atoms with E-state index in [1.54, 1.807) is 0 Å². The average molecular weight is 368 g/mol. The number of hydrogen-bond donors (Lipinski definition) is 0. The molecule has 3 fully saturated rings. The van der Waals surface area contributed by atoms with Gasteiger partial charge in [-0.1, -0.05) is 29.4 Å². The SMILES string of the molecule is Cc1ccccc1-c1noc(CCC(=O)N2C[C@H]3CC[C@@H](C2)N(C)C3=O)n1. The number of benzene rings is 1. The van der Waals surface area contributed by atoms with E-state index in [-0.39, 0.29) is 23.8 Å². The van der Waals surface area contributed by atoms with Crippen molar-refractivity contribution in [1.82, 2.24) is 19.9 Å². The molecule has 3 aliphatic rings. The van der Waals surface area contributed by atoms with Crippen LogP contribution >= 0.6 is 0 Å². The van der Waals surface area contributed by atoms with Crippen molar-refractivity contribution in [3.05, 3.63) is 35.7 Å². The Hall–Kier alpha value is -2.70. The van der Waals surface area contributed by atoms with Gasteiger partial charge < -0.3 is 14.3 Å². The van der Waals surface area contributed by atoms with E-state index in [9.17, 15) is 9.59 Å². The van der Waals surface area contributed by atoms with Gasteiger partial charge in [-0.15, -0.1) is 0 Å². The number of aromatic nitrogens is 2. The van der Waals surface area contributed by atoms with Crippen molar-refractivity contribution in [3.8, 4) is 11.4 Å². The van der Waals surface area contributed by atoms with Gasteiger partial charge in [0.15, 0.2) is 0 Å². The maximum Gasteiger partial charge on any atom is 0.227 e. The second-order valence-electron chi connectivity index (χ2n) is 7.50. The third-order valence-corrected chi connectivity index (χ3v) is 5.72. The number of rotatable bonds is 4. The number of hydrogen-bond acceptors (Lipinski definition) is 5. The smallest absolute Gasteiger partial charge is 0.227 e. The molecule has 7 nitrogen and oxygen atoms in total. The van der Waals surface area contributed by atoms with E-state index in [0.29, 0.717) is 37.6 Å². The van der Waals surface area contributed by atoms with E-state index in [0.717, 1.165) is 24.0 Å². The van der Waals surface area contributed by atoms with Crippen LogP contribution in [0.15, 0.2) is 28.8 Å². The first-order valence-corrected chi connectivity index (χ1v) is 9.46. The van der Waals surface area contributed by atoms with Crippen LogP contribution < -0.4 is 0 Å². The first-order chi connectivity index (χ1) is 13.0. The van der Waals surface area contributed by atoms with Crippen LogP contribution in [-0.4, -0.2) is 57.9 Å². The first kappa shape index (κ1) is 17.7. The Bertz CT molecular complexity index is 862. The highest BCUT2D eigenvalue weighted by Gasteiger charge is 2.39. The van der Waals surface area contributed by atoms with E-state index in [1.165, 1.54) is 0 Å². The molecular formula is C20H24N4O3. The van der Waals surface area contributed by atoms with Crippen LogP contribution in [0.3, 0.4) is 0 Å². The number of amides is 2. The molecule has 0 radical (unpaired) electrons. The van der Waals surface area contributed by atoms with Crippen LogP contribution in [-0.2, 0) is 16.0 Å². The Labute approximate surface area is 158 Å². The summed E-state index contributed by atoms with van der Waals surface area (Å²) in [5.74, 6) is 1.17. The zero-order valence-electron chi connectivity index (χ0n) is 15.7. The third kappa shape index (κ3) is 3.46. The number of fused-ring (bicyclic) bond motifs is 4. The van der Waals surface area contributed by atoms with Crippen molar-refractivity contribution in [1.29, 1.82) is 0 Å². The molecule has 3 saturated heterocycles. The standard InChI is InChI=1S/C20H24N4O3/c1-13-5-3-4-6-16(13)19-21-17(27-22-19)9-10-18(25)24-11-14-7-8-15(12-24)23(2)20(14)26/h3-6,14-15H,7-12H2,1-2H3/t14-,15+/m1/s1. The van der Waals surface area contributed by atoms with Crippen LogP contribution in [0.5, 0.6) is 0 Å². The van der Waals surface area contributed by atoms with Crippen molar-refractivity contribution in [2.45, 2.75) is 38.6 Å². The van der Waals surface area contributed by atoms with Crippen molar-refractivity contribution < 1.29 is 14.1 Å². The summed E-state index contributed by atoms with van der Waals surface area (Å²) in [6.07, 6.45) is 2.57. The van der Waals surface area contributed by atoms with E-state index >= 15 is 0 Å². The molecule has 2 atom stereocenters. The third-order valence-electron chi connectivity index (χ3n) is 5.72. The highest BCUT2D eigenvalue weighted by atomic mass is 16.5. The number of aryl methyl sites for hydroxylation is 2. The van der Waals surface area contributed by atoms with Gasteiger partial charge in [-0.25, -0.2) is 0 Å². The topological polar surface area (TPSA) is 79.5 Å². The molecule has 0 unspecified atom stereocenters. The number of nitrogens with zero attached hydrogens (tertiary/aromatic N) is 4. The highest BCUT2D eigenvalue weighted by molar-refractivity contribution is 5.83. The van der Waals surface area contributed by atoms with Crippen molar-refractivity contribution in [2.75, 3.05) is 20.1 Å². The largest absolute Gasteiger partial charge is 0.341 e. The minimum atomic E-state index is -0.0613. The Balaban J connectivity index is 1.39. The molecule has 2 bridgehead atoms.